The van der Waals surface area contributed by atoms with Crippen molar-refractivity contribution in [3.8, 4) is 28.5 Å². The van der Waals surface area contributed by atoms with Gasteiger partial charge in [-0.3, -0.25) is 0 Å². The van der Waals surface area contributed by atoms with E-state index in [9.17, 15) is 9.50 Å². The van der Waals surface area contributed by atoms with E-state index in [1.54, 1.807) is 18.2 Å². The average molecular weight is 412 g/mol. The highest BCUT2D eigenvalue weighted by Crippen LogP contribution is 2.33. The first-order chi connectivity index (χ1) is 14.1. The minimum atomic E-state index is -1.12. The van der Waals surface area contributed by atoms with E-state index in [0.717, 1.165) is 0 Å². The Morgan fingerprint density at radius 2 is 2.00 bits per heavy atom. The van der Waals surface area contributed by atoms with Crippen molar-refractivity contribution >= 4 is 5.95 Å². The van der Waals surface area contributed by atoms with E-state index in [1.165, 1.54) is 18.7 Å². The maximum absolute atomic E-state index is 15.0. The highest BCUT2D eigenvalue weighted by molar-refractivity contribution is 5.71. The van der Waals surface area contributed by atoms with Gasteiger partial charge in [-0.15, -0.1) is 10.2 Å². The number of rotatable bonds is 4. The van der Waals surface area contributed by atoms with Crippen LogP contribution in [-0.4, -0.2) is 48.6 Å². The molecule has 2 aromatic heterocycles. The molecule has 1 aliphatic rings. The Kier molecular flexibility index (Phi) is 4.93. The topological polar surface area (TPSA) is 109 Å². The lowest BCUT2D eigenvalue weighted by molar-refractivity contribution is 0.0654. The molecule has 1 unspecified atom stereocenters. The Morgan fingerprint density at radius 3 is 2.63 bits per heavy atom. The number of nitrogens with one attached hydrogen (secondary N) is 2. The van der Waals surface area contributed by atoms with Crippen molar-refractivity contribution in [3.63, 3.8) is 0 Å². The quantitative estimate of drug-likeness (QED) is 0.597. The molecule has 30 heavy (non-hydrogen) atoms. The molecule has 4 rings (SSSR count). The summed E-state index contributed by atoms with van der Waals surface area (Å²) in [6, 6.07) is 4.56. The fourth-order valence-electron chi connectivity index (χ4n) is 4.15. The fourth-order valence-corrected chi connectivity index (χ4v) is 4.15. The first-order valence-electron chi connectivity index (χ1n) is 9.78. The lowest BCUT2D eigenvalue weighted by atomic mass is 9.78. The Bertz CT molecular complexity index is 1020. The van der Waals surface area contributed by atoms with E-state index in [1.807, 2.05) is 27.7 Å². The number of alkyl halides is 1. The molecule has 0 aliphatic carbocycles. The Balaban J connectivity index is 1.52. The fraction of sp³-hybridized carbons (Fsp3) is 0.429. The number of nitrogens with zero attached hydrogens (tertiary/aromatic N) is 4. The first kappa shape index (κ1) is 20.2. The highest BCUT2D eigenvalue weighted by atomic mass is 19.1. The summed E-state index contributed by atoms with van der Waals surface area (Å²) >= 11 is 0. The lowest BCUT2D eigenvalue weighted by Crippen LogP contribution is -2.67. The molecule has 9 heteroatoms. The number of halogens is 1. The number of phenols is 1. The van der Waals surface area contributed by atoms with Crippen LogP contribution in [0, 0.1) is 0 Å². The third-order valence-electron chi connectivity index (χ3n) is 5.26. The number of hydrogen-bond acceptors (Lipinski definition) is 8. The van der Waals surface area contributed by atoms with Crippen molar-refractivity contribution in [2.45, 2.75) is 57.4 Å². The first-order valence-corrected chi connectivity index (χ1v) is 9.78. The molecule has 2 atom stereocenters. The highest BCUT2D eigenvalue weighted by Gasteiger charge is 2.46. The van der Waals surface area contributed by atoms with Gasteiger partial charge in [0.05, 0.1) is 18.4 Å². The van der Waals surface area contributed by atoms with Gasteiger partial charge >= 0.3 is 0 Å². The van der Waals surface area contributed by atoms with Crippen LogP contribution in [-0.2, 0) is 0 Å². The predicted molar refractivity (Wildman–Crippen MR) is 111 cm³/mol. The summed E-state index contributed by atoms with van der Waals surface area (Å²) in [6.07, 6.45) is 3.95. The van der Waals surface area contributed by atoms with Crippen LogP contribution in [0.3, 0.4) is 0 Å². The number of oxazole rings is 1. The lowest BCUT2D eigenvalue weighted by Gasteiger charge is -2.48. The zero-order chi connectivity index (χ0) is 21.5. The number of hydrogen-bond donors (Lipinski definition) is 3. The Labute approximate surface area is 174 Å². The van der Waals surface area contributed by atoms with E-state index < -0.39 is 17.8 Å². The summed E-state index contributed by atoms with van der Waals surface area (Å²) in [5.74, 6) is 0.665. The minimum Gasteiger partial charge on any atom is -0.507 e. The van der Waals surface area contributed by atoms with Gasteiger partial charge in [-0.25, -0.2) is 14.4 Å². The van der Waals surface area contributed by atoms with Gasteiger partial charge in [-0.1, -0.05) is 0 Å². The normalized spacial score (nSPS) is 22.6. The van der Waals surface area contributed by atoms with Gasteiger partial charge in [0.25, 0.3) is 0 Å². The predicted octanol–water partition coefficient (Wildman–Crippen LogP) is 3.57. The van der Waals surface area contributed by atoms with Crippen molar-refractivity contribution in [1.82, 2.24) is 25.5 Å². The zero-order valence-electron chi connectivity index (χ0n) is 17.3. The number of anilines is 1. The number of benzene rings is 1. The molecule has 1 fully saturated rings. The second kappa shape index (κ2) is 7.32. The summed E-state index contributed by atoms with van der Waals surface area (Å²) in [6.45, 7) is 7.78. The van der Waals surface area contributed by atoms with Crippen LogP contribution in [0.15, 0.2) is 41.3 Å². The maximum atomic E-state index is 15.0. The molecule has 8 nitrogen and oxygen atoms in total. The Morgan fingerprint density at radius 1 is 1.20 bits per heavy atom. The molecular weight excluding hydrogens is 387 g/mol. The number of aromatic hydroxyl groups is 1. The Hall–Kier alpha value is -3.07. The van der Waals surface area contributed by atoms with Crippen LogP contribution in [0.4, 0.5) is 10.3 Å². The number of phenolic OH excluding ortho intramolecular Hbond substituents is 1. The zero-order valence-corrected chi connectivity index (χ0v) is 17.3. The molecular formula is C21H25FN6O2. The van der Waals surface area contributed by atoms with E-state index in [2.05, 4.69) is 30.8 Å². The van der Waals surface area contributed by atoms with E-state index >= 15 is 0 Å². The van der Waals surface area contributed by atoms with Gasteiger partial charge in [0.1, 0.15) is 23.9 Å². The second-order valence-electron chi connectivity index (χ2n) is 8.82. The van der Waals surface area contributed by atoms with Gasteiger partial charge < -0.3 is 20.2 Å². The largest absolute Gasteiger partial charge is 0.507 e. The molecule has 3 N–H and O–H groups in total. The molecule has 1 saturated heterocycles. The van der Waals surface area contributed by atoms with Crippen molar-refractivity contribution in [3.05, 3.63) is 36.9 Å². The summed E-state index contributed by atoms with van der Waals surface area (Å²) in [5, 5.41) is 25.0. The second-order valence-corrected chi connectivity index (χ2v) is 8.82. The SMILES string of the molecule is CC1(C)CC(Nc2ncc(-c3ccc(-c4ncco4)cc3O)nn2)[C@H](F)C(C)(C)N1. The summed E-state index contributed by atoms with van der Waals surface area (Å²) in [5.41, 5.74) is 0.617. The third kappa shape index (κ3) is 3.97. The summed E-state index contributed by atoms with van der Waals surface area (Å²) in [4.78, 5) is 8.34. The van der Waals surface area contributed by atoms with Crippen LogP contribution in [0.2, 0.25) is 0 Å². The molecule has 0 bridgehead atoms. The van der Waals surface area contributed by atoms with Crippen LogP contribution in [0.25, 0.3) is 22.7 Å². The van der Waals surface area contributed by atoms with Crippen LogP contribution in [0.5, 0.6) is 5.75 Å². The van der Waals surface area contributed by atoms with Gasteiger partial charge in [-0.2, -0.15) is 0 Å². The molecule has 0 radical (unpaired) electrons. The molecule has 0 saturated carbocycles. The summed E-state index contributed by atoms with van der Waals surface area (Å²) < 4.78 is 20.2. The van der Waals surface area contributed by atoms with Crippen molar-refractivity contribution in [1.29, 1.82) is 0 Å². The van der Waals surface area contributed by atoms with Gasteiger partial charge in [-0.05, 0) is 52.3 Å². The van der Waals surface area contributed by atoms with Gasteiger partial charge in [0.15, 0.2) is 0 Å². The van der Waals surface area contributed by atoms with Crippen LogP contribution >= 0.6 is 0 Å². The van der Waals surface area contributed by atoms with E-state index in [-0.39, 0.29) is 17.2 Å². The number of aromatic nitrogens is 4. The third-order valence-corrected chi connectivity index (χ3v) is 5.26. The van der Waals surface area contributed by atoms with E-state index in [4.69, 9.17) is 4.42 Å². The average Bonchev–Trinajstić information content (AvgIpc) is 3.20. The van der Waals surface area contributed by atoms with Crippen molar-refractivity contribution in [2.75, 3.05) is 5.32 Å². The smallest absolute Gasteiger partial charge is 0.243 e. The van der Waals surface area contributed by atoms with E-state index in [0.29, 0.717) is 29.1 Å². The monoisotopic (exact) mass is 412 g/mol. The number of piperidine rings is 1. The van der Waals surface area contributed by atoms with Crippen LogP contribution in [0.1, 0.15) is 34.1 Å². The molecule has 0 spiro atoms. The van der Waals surface area contributed by atoms with Crippen molar-refractivity contribution < 1.29 is 13.9 Å². The molecule has 158 valence electrons. The molecule has 1 aliphatic heterocycles. The molecule has 3 heterocycles. The van der Waals surface area contributed by atoms with Gasteiger partial charge in [0.2, 0.25) is 11.8 Å². The molecule has 0 amide bonds. The van der Waals surface area contributed by atoms with Crippen LogP contribution < -0.4 is 10.6 Å². The maximum Gasteiger partial charge on any atom is 0.243 e. The standard InChI is InChI=1S/C21H25FN6O2/c1-20(2)10-14(17(22)21(3,4)28-20)25-19-24-11-15(26-27-19)13-6-5-12(9-16(13)29)18-23-7-8-30-18/h5-9,11,14,17,28-29H,10H2,1-4H3,(H,24,25,27)/t14?,17-/m0/s1. The molecule has 1 aromatic carbocycles. The van der Waals surface area contributed by atoms with Crippen molar-refractivity contribution in [2.24, 2.45) is 0 Å². The molecule has 3 aromatic rings. The van der Waals surface area contributed by atoms with Gasteiger partial charge in [0, 0.05) is 22.2 Å². The minimum absolute atomic E-state index is 0.00758. The summed E-state index contributed by atoms with van der Waals surface area (Å²) in [7, 11) is 0.